The molecule has 2 aliphatic rings. The van der Waals surface area contributed by atoms with Crippen LogP contribution in [-0.4, -0.2) is 29.1 Å². The number of fused-ring (bicyclic) bond motifs is 1. The number of anilines is 1. The number of nitrogens with zero attached hydrogens (tertiary/aromatic N) is 3. The average Bonchev–Trinajstić information content (AvgIpc) is 3.37. The second-order valence-corrected chi connectivity index (χ2v) is 10.5. The van der Waals surface area contributed by atoms with Gasteiger partial charge in [0.05, 0.1) is 11.4 Å². The van der Waals surface area contributed by atoms with Crippen molar-refractivity contribution < 1.29 is 4.79 Å². The van der Waals surface area contributed by atoms with Crippen LogP contribution >= 0.6 is 35.1 Å². The van der Waals surface area contributed by atoms with Crippen LogP contribution < -0.4 is 4.90 Å². The fourth-order valence-corrected chi connectivity index (χ4v) is 6.57. The van der Waals surface area contributed by atoms with Gasteiger partial charge in [0.25, 0.3) is 5.91 Å². The van der Waals surface area contributed by atoms with E-state index in [4.69, 9.17) is 16.6 Å². The van der Waals surface area contributed by atoms with Crippen molar-refractivity contribution in [2.45, 2.75) is 25.2 Å². The summed E-state index contributed by atoms with van der Waals surface area (Å²) in [5, 5.41) is 2.34. The number of thioether (sulfide) groups is 2. The molecule has 1 amide bonds. The van der Waals surface area contributed by atoms with Crippen LogP contribution in [0.4, 0.5) is 11.4 Å². The van der Waals surface area contributed by atoms with Crippen LogP contribution in [0.5, 0.6) is 0 Å². The normalized spacial score (nSPS) is 18.8. The van der Waals surface area contributed by atoms with Gasteiger partial charge < -0.3 is 4.90 Å². The number of hydrogen-bond donors (Lipinski definition) is 0. The van der Waals surface area contributed by atoms with Crippen molar-refractivity contribution in [3.8, 4) is 0 Å². The maximum Gasteiger partial charge on any atom is 0.269 e. The van der Waals surface area contributed by atoms with E-state index in [1.807, 2.05) is 60.4 Å². The molecule has 2 aliphatic heterocycles. The molecule has 0 unspecified atom stereocenters. The Bertz CT molecular complexity index is 1310. The number of benzene rings is 3. The number of amides is 1. The fraction of sp³-hybridized carbons (Fsp3) is 0.185. The Morgan fingerprint density at radius 3 is 2.47 bits per heavy atom. The second kappa shape index (κ2) is 9.90. The molecule has 5 rings (SSSR count). The minimum absolute atomic E-state index is 0.00615. The first kappa shape index (κ1) is 23.1. The lowest BCUT2D eigenvalue weighted by Crippen LogP contribution is -2.32. The zero-order chi connectivity index (χ0) is 23.7. The van der Waals surface area contributed by atoms with Crippen molar-refractivity contribution >= 4 is 57.6 Å². The van der Waals surface area contributed by atoms with Gasteiger partial charge in [0.1, 0.15) is 9.93 Å². The van der Waals surface area contributed by atoms with Crippen LogP contribution in [0.3, 0.4) is 0 Å². The first-order valence-electron chi connectivity index (χ1n) is 11.2. The van der Waals surface area contributed by atoms with Gasteiger partial charge in [-0.25, -0.2) is 4.99 Å². The molecule has 172 valence electrons. The first-order chi connectivity index (χ1) is 16.5. The first-order valence-corrected chi connectivity index (χ1v) is 13.2. The van der Waals surface area contributed by atoms with Gasteiger partial charge in [0, 0.05) is 23.0 Å². The van der Waals surface area contributed by atoms with Crippen molar-refractivity contribution in [1.82, 2.24) is 4.90 Å². The molecule has 1 saturated heterocycles. The molecule has 0 N–H and O–H groups in total. The minimum atomic E-state index is 0.00615. The molecule has 0 saturated carbocycles. The van der Waals surface area contributed by atoms with Gasteiger partial charge in [-0.15, -0.1) is 0 Å². The number of halogens is 1. The van der Waals surface area contributed by atoms with E-state index in [0.29, 0.717) is 16.7 Å². The van der Waals surface area contributed by atoms with Crippen molar-refractivity contribution in [1.29, 1.82) is 0 Å². The highest BCUT2D eigenvalue weighted by atomic mass is 35.5. The summed E-state index contributed by atoms with van der Waals surface area (Å²) in [7, 11) is 0. The Morgan fingerprint density at radius 1 is 0.941 bits per heavy atom. The van der Waals surface area contributed by atoms with Crippen LogP contribution in [0.25, 0.3) is 0 Å². The highest BCUT2D eigenvalue weighted by molar-refractivity contribution is 8.19. The third-order valence-corrected chi connectivity index (χ3v) is 8.61. The summed E-state index contributed by atoms with van der Waals surface area (Å²) in [5.41, 5.74) is 4.09. The van der Waals surface area contributed by atoms with Crippen LogP contribution in [0.1, 0.15) is 18.1 Å². The maximum atomic E-state index is 13.7. The quantitative estimate of drug-likeness (QED) is 0.342. The molecule has 7 heteroatoms. The molecule has 0 bridgehead atoms. The second-order valence-electron chi connectivity index (χ2n) is 8.07. The van der Waals surface area contributed by atoms with E-state index in [1.54, 1.807) is 11.8 Å². The van der Waals surface area contributed by atoms with Crippen molar-refractivity contribution in [3.63, 3.8) is 0 Å². The summed E-state index contributed by atoms with van der Waals surface area (Å²) in [6, 6.07) is 24.3. The number of carbonyl (C=O) groups excluding carboxylic acids is 1. The molecule has 0 radical (unpaired) electrons. The molecular weight excluding hydrogens is 482 g/mol. The van der Waals surface area contributed by atoms with Gasteiger partial charge in [-0.3, -0.25) is 9.69 Å². The SMILES string of the molecule is CCN1/C(=C2/SC(=Nc3ccc(C)c(Cl)c3)N(CCc3ccccc3)C2=O)Sc2ccccc21. The standard InChI is InChI=1S/C27H24ClN3OS2/c1-3-30-22-11-7-8-12-23(22)33-26(30)24-25(32)31(16-15-19-9-5-4-6-10-19)27(34-24)29-20-14-13-18(2)21(28)17-20/h4-14,17H,3,15-16H2,1-2H3/b26-24-,29-27?. The summed E-state index contributed by atoms with van der Waals surface area (Å²) >= 11 is 9.47. The average molecular weight is 506 g/mol. The van der Waals surface area contributed by atoms with Gasteiger partial charge in [0.2, 0.25) is 0 Å². The predicted octanol–water partition coefficient (Wildman–Crippen LogP) is 7.26. The van der Waals surface area contributed by atoms with E-state index in [2.05, 4.69) is 36.1 Å². The number of aryl methyl sites for hydroxylation is 1. The molecule has 0 spiro atoms. The van der Waals surface area contributed by atoms with Gasteiger partial charge in [0.15, 0.2) is 5.17 Å². The molecule has 3 aromatic carbocycles. The number of rotatable bonds is 5. The number of hydrogen-bond acceptors (Lipinski definition) is 5. The van der Waals surface area contributed by atoms with Crippen LogP contribution in [0, 0.1) is 6.92 Å². The third kappa shape index (κ3) is 4.50. The van der Waals surface area contributed by atoms with Gasteiger partial charge in [-0.2, -0.15) is 0 Å². The summed E-state index contributed by atoms with van der Waals surface area (Å²) in [4.78, 5) is 24.5. The van der Waals surface area contributed by atoms with Crippen LogP contribution in [-0.2, 0) is 11.2 Å². The van der Waals surface area contributed by atoms with Crippen molar-refractivity contribution in [2.24, 2.45) is 4.99 Å². The Hall–Kier alpha value is -2.67. The van der Waals surface area contributed by atoms with Gasteiger partial charge >= 0.3 is 0 Å². The topological polar surface area (TPSA) is 35.9 Å². The monoisotopic (exact) mass is 505 g/mol. The van der Waals surface area contributed by atoms with Crippen molar-refractivity contribution in [3.05, 3.63) is 98.9 Å². The molecule has 3 aromatic rings. The van der Waals surface area contributed by atoms with Crippen molar-refractivity contribution in [2.75, 3.05) is 18.0 Å². The number of amidine groups is 1. The molecule has 0 atom stereocenters. The molecule has 34 heavy (non-hydrogen) atoms. The Kier molecular flexibility index (Phi) is 6.73. The van der Waals surface area contributed by atoms with Crippen LogP contribution in [0.2, 0.25) is 5.02 Å². The number of carbonyl (C=O) groups is 1. The van der Waals surface area contributed by atoms with Crippen LogP contribution in [0.15, 0.2) is 92.6 Å². The Morgan fingerprint density at radius 2 is 1.71 bits per heavy atom. The molecule has 1 fully saturated rings. The highest BCUT2D eigenvalue weighted by Crippen LogP contribution is 2.50. The predicted molar refractivity (Wildman–Crippen MR) is 145 cm³/mol. The molecule has 0 aromatic heterocycles. The number of para-hydroxylation sites is 1. The van der Waals surface area contributed by atoms with Gasteiger partial charge in [-0.1, -0.05) is 71.9 Å². The molecule has 4 nitrogen and oxygen atoms in total. The lowest BCUT2D eigenvalue weighted by Gasteiger charge is -2.19. The zero-order valence-corrected chi connectivity index (χ0v) is 21.4. The maximum absolute atomic E-state index is 13.7. The lowest BCUT2D eigenvalue weighted by atomic mass is 10.1. The zero-order valence-electron chi connectivity index (χ0n) is 19.0. The Balaban J connectivity index is 1.52. The largest absolute Gasteiger partial charge is 0.334 e. The third-order valence-electron chi connectivity index (χ3n) is 5.83. The lowest BCUT2D eigenvalue weighted by molar-refractivity contribution is -0.122. The summed E-state index contributed by atoms with van der Waals surface area (Å²) in [6.45, 7) is 5.44. The van der Waals surface area contributed by atoms with E-state index in [0.717, 1.165) is 39.8 Å². The van der Waals surface area contributed by atoms with E-state index in [1.165, 1.54) is 22.2 Å². The van der Waals surface area contributed by atoms with Gasteiger partial charge in [-0.05, 0) is 67.4 Å². The number of aliphatic imine (C=N–C) groups is 1. The van der Waals surface area contributed by atoms with E-state index < -0.39 is 0 Å². The summed E-state index contributed by atoms with van der Waals surface area (Å²) in [5.74, 6) is 0.00615. The molecular formula is C27H24ClN3OS2. The smallest absolute Gasteiger partial charge is 0.269 e. The van der Waals surface area contributed by atoms with E-state index in [-0.39, 0.29) is 5.91 Å². The molecule has 0 aliphatic carbocycles. The summed E-state index contributed by atoms with van der Waals surface area (Å²) in [6.07, 6.45) is 0.758. The van der Waals surface area contributed by atoms with E-state index in [9.17, 15) is 4.79 Å². The molecule has 2 heterocycles. The Labute approximate surface area is 213 Å². The highest BCUT2D eigenvalue weighted by Gasteiger charge is 2.39. The fourth-order valence-electron chi connectivity index (χ4n) is 3.98. The van der Waals surface area contributed by atoms with E-state index >= 15 is 0 Å². The minimum Gasteiger partial charge on any atom is -0.334 e. The summed E-state index contributed by atoms with van der Waals surface area (Å²) < 4.78 is 0.